The van der Waals surface area contributed by atoms with E-state index in [0.717, 1.165) is 6.07 Å². The van der Waals surface area contributed by atoms with Crippen LogP contribution in [0.25, 0.3) is 0 Å². The second kappa shape index (κ2) is 4.00. The van der Waals surface area contributed by atoms with E-state index in [4.69, 9.17) is 5.11 Å². The van der Waals surface area contributed by atoms with Gasteiger partial charge >= 0.3 is 5.97 Å². The average molecular weight is 266 g/mol. The van der Waals surface area contributed by atoms with Crippen molar-refractivity contribution in [2.75, 3.05) is 0 Å². The van der Waals surface area contributed by atoms with Crippen molar-refractivity contribution in [2.24, 2.45) is 0 Å². The highest BCUT2D eigenvalue weighted by atomic mass is 79.9. The second-order valence-electron chi connectivity index (χ2n) is 2.60. The number of hydrogen-bond donors (Lipinski definition) is 1. The first-order valence-electron chi connectivity index (χ1n) is 3.62. The number of carboxylic acid groups (broad SMARTS) is 1. The lowest BCUT2D eigenvalue weighted by atomic mass is 10.2. The molecule has 3 nitrogen and oxygen atoms in total. The van der Waals surface area contributed by atoms with Crippen LogP contribution in [0.5, 0.6) is 0 Å². The third-order valence-electron chi connectivity index (χ3n) is 1.61. The monoisotopic (exact) mass is 265 g/mol. The summed E-state index contributed by atoms with van der Waals surface area (Å²) in [5, 5.41) is 8.58. The summed E-state index contributed by atoms with van der Waals surface area (Å²) in [7, 11) is 0. The Balaban J connectivity index is 3.35. The zero-order valence-electron chi connectivity index (χ0n) is 7.09. The molecule has 0 aliphatic rings. The molecule has 1 N–H and O–H groups in total. The molecule has 0 bridgehead atoms. The molecule has 0 amide bonds. The van der Waals surface area contributed by atoms with Gasteiger partial charge in [0.15, 0.2) is 0 Å². The Hall–Kier alpha value is -1.04. The number of aromatic nitrogens is 1. The Kier molecular flexibility index (Phi) is 3.15. The Morgan fingerprint density at radius 3 is 2.64 bits per heavy atom. The summed E-state index contributed by atoms with van der Waals surface area (Å²) in [6, 6.07) is 0.865. The van der Waals surface area contributed by atoms with Crippen LogP contribution < -0.4 is 0 Å². The van der Waals surface area contributed by atoms with Crippen LogP contribution in [-0.4, -0.2) is 16.1 Å². The molecule has 6 heteroatoms. The summed E-state index contributed by atoms with van der Waals surface area (Å²) in [6.45, 7) is 1.46. The molecule has 0 radical (unpaired) electrons. The van der Waals surface area contributed by atoms with Crippen molar-refractivity contribution in [1.29, 1.82) is 0 Å². The van der Waals surface area contributed by atoms with E-state index >= 15 is 0 Å². The molecular formula is C8H6BrF2NO2. The smallest absolute Gasteiger partial charge is 0.354 e. The van der Waals surface area contributed by atoms with E-state index in [9.17, 15) is 13.6 Å². The number of alkyl halides is 2. The maximum absolute atomic E-state index is 12.4. The number of carbonyl (C=O) groups is 1. The molecule has 0 aliphatic carbocycles. The maximum Gasteiger partial charge on any atom is 0.354 e. The Labute approximate surface area is 86.9 Å². The standard InChI is InChI=1S/C8H6BrF2NO2/c1-3-6(9)4(7(10)11)2-5(12-3)8(13)14/h2,7H,1H3,(H,13,14). The lowest BCUT2D eigenvalue weighted by molar-refractivity contribution is 0.0689. The number of rotatable bonds is 2. The van der Waals surface area contributed by atoms with Crippen molar-refractivity contribution in [3.63, 3.8) is 0 Å². The zero-order chi connectivity index (χ0) is 10.9. The number of halogens is 3. The van der Waals surface area contributed by atoms with Gasteiger partial charge in [0.2, 0.25) is 0 Å². The van der Waals surface area contributed by atoms with E-state index in [2.05, 4.69) is 20.9 Å². The molecule has 0 unspecified atom stereocenters. The number of hydrogen-bond acceptors (Lipinski definition) is 2. The minimum atomic E-state index is -2.72. The highest BCUT2D eigenvalue weighted by molar-refractivity contribution is 9.10. The van der Waals surface area contributed by atoms with E-state index in [-0.39, 0.29) is 21.4 Å². The Morgan fingerprint density at radius 2 is 2.21 bits per heavy atom. The normalized spacial score (nSPS) is 10.6. The van der Waals surface area contributed by atoms with E-state index < -0.39 is 12.4 Å². The van der Waals surface area contributed by atoms with Gasteiger partial charge in [-0.1, -0.05) is 0 Å². The molecular weight excluding hydrogens is 260 g/mol. The van der Waals surface area contributed by atoms with Crippen molar-refractivity contribution in [3.8, 4) is 0 Å². The van der Waals surface area contributed by atoms with Gasteiger partial charge in [-0.15, -0.1) is 0 Å². The molecule has 0 fully saturated rings. The first kappa shape index (κ1) is 11.0. The molecule has 0 atom stereocenters. The predicted molar refractivity (Wildman–Crippen MR) is 48.6 cm³/mol. The first-order chi connectivity index (χ1) is 6.43. The molecule has 0 saturated carbocycles. The van der Waals surface area contributed by atoms with Gasteiger partial charge in [-0.25, -0.2) is 18.6 Å². The Morgan fingerprint density at radius 1 is 1.64 bits per heavy atom. The molecule has 0 aromatic carbocycles. The zero-order valence-corrected chi connectivity index (χ0v) is 8.68. The lowest BCUT2D eigenvalue weighted by Gasteiger charge is -2.06. The van der Waals surface area contributed by atoms with E-state index in [1.165, 1.54) is 6.92 Å². The minimum absolute atomic E-state index is 0.150. The van der Waals surface area contributed by atoms with Crippen molar-refractivity contribution in [1.82, 2.24) is 4.98 Å². The van der Waals surface area contributed by atoms with E-state index in [0.29, 0.717) is 0 Å². The van der Waals surface area contributed by atoms with Gasteiger partial charge in [-0.3, -0.25) is 0 Å². The highest BCUT2D eigenvalue weighted by Crippen LogP contribution is 2.29. The van der Waals surface area contributed by atoms with Crippen LogP contribution in [-0.2, 0) is 0 Å². The molecule has 0 saturated heterocycles. The first-order valence-corrected chi connectivity index (χ1v) is 4.41. The third-order valence-corrected chi connectivity index (χ3v) is 2.64. The van der Waals surface area contributed by atoms with Crippen LogP contribution in [0, 0.1) is 6.92 Å². The summed E-state index contributed by atoms with van der Waals surface area (Å²) >= 11 is 2.93. The third kappa shape index (κ3) is 2.06. The van der Waals surface area contributed by atoms with Crippen LogP contribution in [0.2, 0.25) is 0 Å². The van der Waals surface area contributed by atoms with Crippen molar-refractivity contribution in [3.05, 3.63) is 27.5 Å². The predicted octanol–water partition coefficient (Wildman–Crippen LogP) is 2.79. The fourth-order valence-corrected chi connectivity index (χ4v) is 1.33. The number of aromatic carboxylic acids is 1. The molecule has 14 heavy (non-hydrogen) atoms. The van der Waals surface area contributed by atoms with Gasteiger partial charge in [0.05, 0.1) is 5.69 Å². The van der Waals surface area contributed by atoms with Crippen LogP contribution in [0.15, 0.2) is 10.5 Å². The van der Waals surface area contributed by atoms with E-state index in [1.54, 1.807) is 0 Å². The highest BCUT2D eigenvalue weighted by Gasteiger charge is 2.18. The van der Waals surface area contributed by atoms with Gasteiger partial charge in [-0.2, -0.15) is 0 Å². The van der Waals surface area contributed by atoms with Crippen LogP contribution in [0.4, 0.5) is 8.78 Å². The maximum atomic E-state index is 12.4. The van der Waals surface area contributed by atoms with Gasteiger partial charge in [0.1, 0.15) is 5.69 Å². The number of aryl methyl sites for hydroxylation is 1. The summed E-state index contributed by atoms with van der Waals surface area (Å²) in [5.41, 5.74) is -0.490. The van der Waals surface area contributed by atoms with Gasteiger partial charge in [0.25, 0.3) is 6.43 Å². The molecule has 76 valence electrons. The largest absolute Gasteiger partial charge is 0.477 e. The number of nitrogens with zero attached hydrogens (tertiary/aromatic N) is 1. The van der Waals surface area contributed by atoms with Crippen molar-refractivity contribution >= 4 is 21.9 Å². The second-order valence-corrected chi connectivity index (χ2v) is 3.39. The van der Waals surface area contributed by atoms with E-state index in [1.807, 2.05) is 0 Å². The molecule has 1 aromatic rings. The van der Waals surface area contributed by atoms with Crippen molar-refractivity contribution in [2.45, 2.75) is 13.3 Å². The fourth-order valence-electron chi connectivity index (χ4n) is 0.950. The minimum Gasteiger partial charge on any atom is -0.477 e. The topological polar surface area (TPSA) is 50.2 Å². The summed E-state index contributed by atoms with van der Waals surface area (Å²) < 4.78 is 25.0. The fraction of sp³-hybridized carbons (Fsp3) is 0.250. The molecule has 1 heterocycles. The molecule has 1 rings (SSSR count). The lowest BCUT2D eigenvalue weighted by Crippen LogP contribution is -2.04. The number of pyridine rings is 1. The summed E-state index contributed by atoms with van der Waals surface area (Å²) in [5.74, 6) is -1.32. The van der Waals surface area contributed by atoms with Crippen molar-refractivity contribution < 1.29 is 18.7 Å². The molecule has 0 spiro atoms. The van der Waals surface area contributed by atoms with Gasteiger partial charge in [-0.05, 0) is 28.9 Å². The molecule has 1 aromatic heterocycles. The summed E-state index contributed by atoms with van der Waals surface area (Å²) in [6.07, 6.45) is -2.72. The average Bonchev–Trinajstić information content (AvgIpc) is 2.08. The van der Waals surface area contributed by atoms with Gasteiger partial charge < -0.3 is 5.11 Å². The molecule has 0 aliphatic heterocycles. The van der Waals surface area contributed by atoms with Crippen LogP contribution >= 0.6 is 15.9 Å². The summed E-state index contributed by atoms with van der Waals surface area (Å²) in [4.78, 5) is 14.2. The van der Waals surface area contributed by atoms with Gasteiger partial charge in [0, 0.05) is 10.0 Å². The number of carboxylic acids is 1. The quantitative estimate of drug-likeness (QED) is 0.895. The van der Waals surface area contributed by atoms with Crippen LogP contribution in [0.1, 0.15) is 28.2 Å². The SMILES string of the molecule is Cc1nc(C(=O)O)cc(C(F)F)c1Br. The van der Waals surface area contributed by atoms with Crippen LogP contribution in [0.3, 0.4) is 0 Å². The Bertz CT molecular complexity index is 382.